The Labute approximate surface area is 235 Å². The van der Waals surface area contributed by atoms with Crippen molar-refractivity contribution >= 4 is 38.9 Å². The van der Waals surface area contributed by atoms with E-state index >= 15 is 0 Å². The molecule has 4 nitrogen and oxygen atoms in total. The first-order valence-corrected chi connectivity index (χ1v) is 12.4. The molecule has 1 aliphatic heterocycles. The van der Waals surface area contributed by atoms with E-state index in [4.69, 9.17) is 4.98 Å². The number of nitrogens with zero attached hydrogens (tertiary/aromatic N) is 3. The molecule has 3 heterocycles. The normalized spacial score (nSPS) is 13.6. The number of fused-ring (bicyclic) bond motifs is 5. The van der Waals surface area contributed by atoms with Crippen LogP contribution >= 0.6 is 0 Å². The zero-order chi connectivity index (χ0) is 25.1. The Hall–Kier alpha value is -4.01. The molecule has 0 unspecified atom stereocenters. The molecule has 0 aliphatic carbocycles. The van der Waals surface area contributed by atoms with Gasteiger partial charge in [0.25, 0.3) is 0 Å². The molecule has 0 radical (unpaired) electrons. The summed E-state index contributed by atoms with van der Waals surface area (Å²) in [5.41, 5.74) is 6.50. The molecule has 1 N–H and O–H groups in total. The number of aromatic nitrogens is 2. The second kappa shape index (κ2) is 9.08. The fourth-order valence-electron chi connectivity index (χ4n) is 5.60. The molecule has 4 aromatic carbocycles. The molecule has 1 aliphatic rings. The minimum absolute atomic E-state index is 0. The Morgan fingerprint density at radius 1 is 0.789 bits per heavy atom. The van der Waals surface area contributed by atoms with Crippen molar-refractivity contribution in [2.45, 2.75) is 19.3 Å². The molecular formula is C33H24N3OPt-. The van der Waals surface area contributed by atoms with Gasteiger partial charge < -0.3 is 10.0 Å². The molecule has 2 aromatic heterocycles. The molecule has 0 fully saturated rings. The van der Waals surface area contributed by atoms with Gasteiger partial charge in [0.15, 0.2) is 0 Å². The van der Waals surface area contributed by atoms with Gasteiger partial charge in [-0.15, -0.1) is 23.8 Å². The van der Waals surface area contributed by atoms with Crippen molar-refractivity contribution in [2.75, 3.05) is 4.90 Å². The van der Waals surface area contributed by atoms with Crippen LogP contribution in [-0.4, -0.2) is 15.1 Å². The summed E-state index contributed by atoms with van der Waals surface area (Å²) in [6.07, 6.45) is 1.82. The van der Waals surface area contributed by atoms with Crippen LogP contribution < -0.4 is 4.90 Å². The number of hydrogen-bond acceptors (Lipinski definition) is 4. The monoisotopic (exact) mass is 673 g/mol. The first-order chi connectivity index (χ1) is 18.0. The van der Waals surface area contributed by atoms with Crippen molar-refractivity contribution in [3.8, 4) is 17.0 Å². The summed E-state index contributed by atoms with van der Waals surface area (Å²) in [6, 6.07) is 36.3. The SMILES string of the molecule is CC1(C)c2ccc(-c3ccc4c(n3)c(O)cc3ccccc34)[c-]c2N(c2ccccn2)c2ccccc21.[Pt]. The number of anilines is 3. The van der Waals surface area contributed by atoms with Crippen LogP contribution in [0.15, 0.2) is 103 Å². The molecule has 7 rings (SSSR count). The van der Waals surface area contributed by atoms with Crippen molar-refractivity contribution in [1.29, 1.82) is 0 Å². The van der Waals surface area contributed by atoms with Crippen LogP contribution in [0.1, 0.15) is 25.0 Å². The summed E-state index contributed by atoms with van der Waals surface area (Å²) in [7, 11) is 0. The fraction of sp³-hybridized carbons (Fsp3) is 0.0909. The van der Waals surface area contributed by atoms with Crippen LogP contribution in [0.25, 0.3) is 32.9 Å². The van der Waals surface area contributed by atoms with Crippen LogP contribution in [0.2, 0.25) is 0 Å². The molecule has 38 heavy (non-hydrogen) atoms. The minimum atomic E-state index is -0.208. The van der Waals surface area contributed by atoms with E-state index in [1.807, 2.05) is 54.7 Å². The summed E-state index contributed by atoms with van der Waals surface area (Å²) in [5, 5.41) is 13.8. The summed E-state index contributed by atoms with van der Waals surface area (Å²) >= 11 is 0. The Balaban J connectivity index is 0.00000264. The molecule has 5 heteroatoms. The van der Waals surface area contributed by atoms with Gasteiger partial charge in [-0.05, 0) is 57.4 Å². The maximum Gasteiger partial charge on any atom is 0.141 e. The average Bonchev–Trinajstić information content (AvgIpc) is 2.93. The van der Waals surface area contributed by atoms with Gasteiger partial charge in [0.05, 0.1) is 0 Å². The van der Waals surface area contributed by atoms with Gasteiger partial charge in [-0.25, -0.2) is 4.98 Å². The molecule has 0 atom stereocenters. The maximum absolute atomic E-state index is 10.8. The van der Waals surface area contributed by atoms with E-state index in [1.54, 1.807) is 6.07 Å². The molecule has 0 spiro atoms. The van der Waals surface area contributed by atoms with Crippen LogP contribution in [0.3, 0.4) is 0 Å². The topological polar surface area (TPSA) is 49.3 Å². The number of pyridine rings is 2. The summed E-state index contributed by atoms with van der Waals surface area (Å²) in [4.78, 5) is 11.8. The third-order valence-electron chi connectivity index (χ3n) is 7.48. The molecule has 0 saturated heterocycles. The van der Waals surface area contributed by atoms with E-state index in [1.165, 1.54) is 11.1 Å². The average molecular weight is 674 g/mol. The molecule has 188 valence electrons. The Morgan fingerprint density at radius 2 is 1.58 bits per heavy atom. The quantitative estimate of drug-likeness (QED) is 0.149. The number of benzene rings is 4. The number of rotatable bonds is 2. The third-order valence-corrected chi connectivity index (χ3v) is 7.48. The zero-order valence-electron chi connectivity index (χ0n) is 20.9. The Kier molecular flexibility index (Phi) is 5.81. The summed E-state index contributed by atoms with van der Waals surface area (Å²) in [5.74, 6) is 1.02. The summed E-state index contributed by atoms with van der Waals surface area (Å²) in [6.45, 7) is 4.51. The van der Waals surface area contributed by atoms with E-state index in [-0.39, 0.29) is 32.2 Å². The van der Waals surface area contributed by atoms with E-state index in [0.717, 1.165) is 44.6 Å². The van der Waals surface area contributed by atoms with Crippen molar-refractivity contribution in [2.24, 2.45) is 0 Å². The van der Waals surface area contributed by atoms with Crippen LogP contribution in [0, 0.1) is 6.07 Å². The van der Waals surface area contributed by atoms with Crippen LogP contribution in [0.5, 0.6) is 5.75 Å². The van der Waals surface area contributed by atoms with E-state index in [2.05, 4.69) is 72.3 Å². The van der Waals surface area contributed by atoms with Gasteiger partial charge in [0, 0.05) is 38.3 Å². The van der Waals surface area contributed by atoms with E-state index in [0.29, 0.717) is 5.52 Å². The van der Waals surface area contributed by atoms with Gasteiger partial charge >= 0.3 is 0 Å². The third kappa shape index (κ3) is 3.63. The Morgan fingerprint density at radius 3 is 2.42 bits per heavy atom. The van der Waals surface area contributed by atoms with Gasteiger partial charge in [-0.3, -0.25) is 4.98 Å². The number of aromatic hydroxyl groups is 1. The fourth-order valence-corrected chi connectivity index (χ4v) is 5.60. The van der Waals surface area contributed by atoms with Crippen molar-refractivity contribution in [1.82, 2.24) is 9.97 Å². The molecule has 0 bridgehead atoms. The van der Waals surface area contributed by atoms with Crippen LogP contribution in [-0.2, 0) is 26.5 Å². The summed E-state index contributed by atoms with van der Waals surface area (Å²) < 4.78 is 0. The smallest absolute Gasteiger partial charge is 0.141 e. The number of phenols is 1. The van der Waals surface area contributed by atoms with Gasteiger partial charge in [0.1, 0.15) is 17.1 Å². The first-order valence-electron chi connectivity index (χ1n) is 12.4. The minimum Gasteiger partial charge on any atom is -0.506 e. The molecular weight excluding hydrogens is 649 g/mol. The molecule has 0 amide bonds. The van der Waals surface area contributed by atoms with Gasteiger partial charge in [0.2, 0.25) is 0 Å². The van der Waals surface area contributed by atoms with E-state index in [9.17, 15) is 5.11 Å². The Bertz CT molecular complexity index is 1830. The van der Waals surface area contributed by atoms with E-state index < -0.39 is 0 Å². The number of phenolic OH excluding ortho intramolecular Hbond substituents is 1. The maximum atomic E-state index is 10.8. The van der Waals surface area contributed by atoms with Gasteiger partial charge in [-0.2, -0.15) is 0 Å². The largest absolute Gasteiger partial charge is 0.506 e. The second-order valence-corrected chi connectivity index (χ2v) is 10.0. The number of para-hydroxylation sites is 1. The van der Waals surface area contributed by atoms with Crippen molar-refractivity contribution in [3.05, 3.63) is 120 Å². The van der Waals surface area contributed by atoms with Crippen LogP contribution in [0.4, 0.5) is 17.2 Å². The van der Waals surface area contributed by atoms with Gasteiger partial charge in [-0.1, -0.05) is 80.1 Å². The molecule has 0 saturated carbocycles. The van der Waals surface area contributed by atoms with Crippen molar-refractivity contribution < 1.29 is 26.2 Å². The predicted octanol–water partition coefficient (Wildman–Crippen LogP) is 8.06. The molecule has 6 aromatic rings. The second-order valence-electron chi connectivity index (χ2n) is 10.0. The predicted molar refractivity (Wildman–Crippen MR) is 150 cm³/mol. The van der Waals surface area contributed by atoms with Crippen molar-refractivity contribution in [3.63, 3.8) is 0 Å². The first kappa shape index (κ1) is 24.3. The number of hydrogen-bond donors (Lipinski definition) is 1. The zero-order valence-corrected chi connectivity index (χ0v) is 23.2. The standard InChI is InChI=1S/C33H24N3O.Pt/c1-33(2)25-11-5-6-12-28(25)36(31-13-7-8-18-34-31)29-19-22(14-16-26(29)33)27-17-15-24-23-10-4-3-9-21(23)20-30(37)32(24)35-27;/h3-18,20,37H,1-2H3;/q-1;.